The van der Waals surface area contributed by atoms with Gasteiger partial charge in [0.05, 0.1) is 0 Å². The Kier molecular flexibility index (Phi) is 16.1. The first-order valence-electron chi connectivity index (χ1n) is 17.0. The third kappa shape index (κ3) is 12.5. The molecule has 2 rings (SSSR count). The lowest BCUT2D eigenvalue weighted by Gasteiger charge is -2.38. The van der Waals surface area contributed by atoms with Crippen LogP contribution in [0.2, 0.25) is 0 Å². The van der Waals surface area contributed by atoms with E-state index >= 15 is 0 Å². The Hall–Kier alpha value is -0.260. The normalized spacial score (nSPS) is 31.2. The van der Waals surface area contributed by atoms with Gasteiger partial charge in [0.1, 0.15) is 0 Å². The van der Waals surface area contributed by atoms with Crippen LogP contribution in [-0.4, -0.2) is 0 Å². The Bertz CT molecular complexity index is 558. The molecule has 212 valence electrons. The first kappa shape index (κ1) is 32.0. The van der Waals surface area contributed by atoms with Crippen LogP contribution in [0.4, 0.5) is 0 Å². The number of unbranched alkanes of at least 4 members (excludes halogenated alkanes) is 1. The maximum atomic E-state index is 2.66. The molecule has 8 unspecified atom stereocenters. The standard InChI is InChI=1S/C36H68/c1-8-16-29(5)23-26-34-21-14-18-32(19-15-22-35-27-31(35)7)25-24-30(6)36(34)33(9-2)20-13-11-10-12-17-28(3)4/h11,13,28-36H,8-10,12,14-27H2,1-7H3. The lowest BCUT2D eigenvalue weighted by Crippen LogP contribution is -2.29. The van der Waals surface area contributed by atoms with E-state index in [0.717, 1.165) is 53.3 Å². The molecule has 0 bridgehead atoms. The van der Waals surface area contributed by atoms with Gasteiger partial charge in [-0.1, -0.05) is 144 Å². The van der Waals surface area contributed by atoms with Gasteiger partial charge in [0, 0.05) is 0 Å². The summed E-state index contributed by atoms with van der Waals surface area (Å²) < 4.78 is 0. The first-order valence-corrected chi connectivity index (χ1v) is 17.0. The summed E-state index contributed by atoms with van der Waals surface area (Å²) in [5.74, 6) is 8.59. The van der Waals surface area contributed by atoms with Crippen molar-refractivity contribution >= 4 is 0 Å². The molecular weight excluding hydrogens is 432 g/mol. The molecule has 0 nitrogen and oxygen atoms in total. The minimum absolute atomic E-state index is 0.846. The average molecular weight is 501 g/mol. The van der Waals surface area contributed by atoms with Crippen LogP contribution in [0.3, 0.4) is 0 Å². The summed E-state index contributed by atoms with van der Waals surface area (Å²) in [7, 11) is 0. The molecule has 0 saturated heterocycles. The molecule has 0 N–H and O–H groups in total. The van der Waals surface area contributed by atoms with Crippen LogP contribution < -0.4 is 0 Å². The summed E-state index contributed by atoms with van der Waals surface area (Å²) >= 11 is 0. The largest absolute Gasteiger partial charge is 0.0885 e. The summed E-state index contributed by atoms with van der Waals surface area (Å²) in [6.45, 7) is 17.2. The fourth-order valence-electron chi connectivity index (χ4n) is 7.87. The van der Waals surface area contributed by atoms with Gasteiger partial charge in [0.15, 0.2) is 0 Å². The Balaban J connectivity index is 1.99. The molecule has 2 saturated carbocycles. The van der Waals surface area contributed by atoms with Crippen LogP contribution in [0.15, 0.2) is 12.2 Å². The van der Waals surface area contributed by atoms with Crippen molar-refractivity contribution in [3.63, 3.8) is 0 Å². The van der Waals surface area contributed by atoms with Crippen LogP contribution in [-0.2, 0) is 0 Å². The molecule has 0 spiro atoms. The highest BCUT2D eigenvalue weighted by atomic mass is 14.4. The van der Waals surface area contributed by atoms with Crippen LogP contribution in [0, 0.1) is 53.3 Å². The van der Waals surface area contributed by atoms with Crippen LogP contribution in [0.5, 0.6) is 0 Å². The van der Waals surface area contributed by atoms with Gasteiger partial charge in [0.25, 0.3) is 0 Å². The molecular formula is C36H68. The quantitative estimate of drug-likeness (QED) is 0.137. The highest BCUT2D eigenvalue weighted by Crippen LogP contribution is 2.45. The summed E-state index contributed by atoms with van der Waals surface area (Å²) in [4.78, 5) is 0. The molecule has 2 aliphatic carbocycles. The second-order valence-corrected chi connectivity index (χ2v) is 14.3. The minimum Gasteiger partial charge on any atom is -0.0885 e. The molecule has 0 heterocycles. The van der Waals surface area contributed by atoms with Crippen LogP contribution >= 0.6 is 0 Å². The Labute approximate surface area is 229 Å². The maximum absolute atomic E-state index is 2.66. The van der Waals surface area contributed by atoms with Gasteiger partial charge in [0.2, 0.25) is 0 Å². The monoisotopic (exact) mass is 501 g/mol. The zero-order valence-electron chi connectivity index (χ0n) is 26.1. The van der Waals surface area contributed by atoms with Crippen molar-refractivity contribution in [1.82, 2.24) is 0 Å². The van der Waals surface area contributed by atoms with E-state index < -0.39 is 0 Å². The lowest BCUT2D eigenvalue weighted by atomic mass is 9.67. The molecule has 8 atom stereocenters. The van der Waals surface area contributed by atoms with Crippen LogP contribution in [0.1, 0.15) is 164 Å². The molecule has 2 fully saturated rings. The second-order valence-electron chi connectivity index (χ2n) is 14.3. The number of rotatable bonds is 17. The Morgan fingerprint density at radius 1 is 0.750 bits per heavy atom. The fraction of sp³-hybridized carbons (Fsp3) is 0.944. The third-order valence-corrected chi connectivity index (χ3v) is 10.5. The Morgan fingerprint density at radius 2 is 1.53 bits per heavy atom. The number of hydrogen-bond donors (Lipinski definition) is 0. The predicted molar refractivity (Wildman–Crippen MR) is 163 cm³/mol. The van der Waals surface area contributed by atoms with Crippen molar-refractivity contribution in [1.29, 1.82) is 0 Å². The van der Waals surface area contributed by atoms with E-state index in [1.54, 1.807) is 0 Å². The molecule has 0 aromatic carbocycles. The van der Waals surface area contributed by atoms with E-state index in [1.807, 2.05) is 0 Å². The molecule has 0 radical (unpaired) electrons. The van der Waals surface area contributed by atoms with E-state index in [9.17, 15) is 0 Å². The highest BCUT2D eigenvalue weighted by molar-refractivity contribution is 4.90. The summed E-state index contributed by atoms with van der Waals surface area (Å²) in [6.07, 6.45) is 31.2. The van der Waals surface area contributed by atoms with E-state index in [4.69, 9.17) is 0 Å². The smallest absolute Gasteiger partial charge is 0.0319 e. The van der Waals surface area contributed by atoms with Gasteiger partial charge in [-0.25, -0.2) is 0 Å². The van der Waals surface area contributed by atoms with E-state index in [-0.39, 0.29) is 0 Å². The highest BCUT2D eigenvalue weighted by Gasteiger charge is 2.34. The van der Waals surface area contributed by atoms with E-state index in [2.05, 4.69) is 60.6 Å². The zero-order valence-corrected chi connectivity index (χ0v) is 26.1. The fourth-order valence-corrected chi connectivity index (χ4v) is 7.87. The van der Waals surface area contributed by atoms with E-state index in [0.29, 0.717) is 0 Å². The summed E-state index contributed by atoms with van der Waals surface area (Å²) in [5.41, 5.74) is 0. The van der Waals surface area contributed by atoms with Crippen molar-refractivity contribution in [2.24, 2.45) is 53.3 Å². The van der Waals surface area contributed by atoms with Gasteiger partial charge in [-0.3, -0.25) is 0 Å². The van der Waals surface area contributed by atoms with Crippen LogP contribution in [0.25, 0.3) is 0 Å². The molecule has 0 aromatic rings. The van der Waals surface area contributed by atoms with Gasteiger partial charge < -0.3 is 0 Å². The minimum atomic E-state index is 0.846. The molecule has 2 aliphatic rings. The first-order chi connectivity index (χ1) is 17.3. The zero-order chi connectivity index (χ0) is 26.3. The second kappa shape index (κ2) is 18.1. The summed E-state index contributed by atoms with van der Waals surface area (Å²) in [6, 6.07) is 0. The SMILES string of the molecule is CCCC(C)CCC1CCCC(CCCC2CC2C)CCC(C)C1C(CC)CC=CCCCC(C)C. The third-order valence-electron chi connectivity index (χ3n) is 10.5. The van der Waals surface area contributed by atoms with Gasteiger partial charge in [-0.05, 0) is 85.4 Å². The van der Waals surface area contributed by atoms with Crippen molar-refractivity contribution in [2.45, 2.75) is 164 Å². The van der Waals surface area contributed by atoms with Gasteiger partial charge in [-0.15, -0.1) is 0 Å². The van der Waals surface area contributed by atoms with E-state index in [1.165, 1.54) is 116 Å². The number of hydrogen-bond acceptors (Lipinski definition) is 0. The predicted octanol–water partition coefficient (Wildman–Crippen LogP) is 12.3. The summed E-state index contributed by atoms with van der Waals surface area (Å²) in [5, 5.41) is 0. The molecule has 0 aromatic heterocycles. The molecule has 36 heavy (non-hydrogen) atoms. The maximum Gasteiger partial charge on any atom is -0.0319 e. The Morgan fingerprint density at radius 3 is 2.19 bits per heavy atom. The van der Waals surface area contributed by atoms with Crippen molar-refractivity contribution in [3.8, 4) is 0 Å². The topological polar surface area (TPSA) is 0 Å². The van der Waals surface area contributed by atoms with Gasteiger partial charge in [-0.2, -0.15) is 0 Å². The molecule has 0 heteroatoms. The number of allylic oxidation sites excluding steroid dienone is 2. The van der Waals surface area contributed by atoms with Gasteiger partial charge >= 0.3 is 0 Å². The molecule has 0 aliphatic heterocycles. The van der Waals surface area contributed by atoms with Crippen molar-refractivity contribution in [2.75, 3.05) is 0 Å². The molecule has 0 amide bonds. The van der Waals surface area contributed by atoms with Crippen molar-refractivity contribution < 1.29 is 0 Å². The lowest BCUT2D eigenvalue weighted by molar-refractivity contribution is 0.123. The average Bonchev–Trinajstić information content (AvgIpc) is 3.53. The van der Waals surface area contributed by atoms with Crippen molar-refractivity contribution in [3.05, 3.63) is 12.2 Å².